The Morgan fingerprint density at radius 2 is 2.00 bits per heavy atom. The number of carboxylic acids is 1. The van der Waals surface area contributed by atoms with E-state index in [2.05, 4.69) is 0 Å². The molecule has 0 fully saturated rings. The summed E-state index contributed by atoms with van der Waals surface area (Å²) in [5.74, 6) is -0.945. The Balaban J connectivity index is 3.12. The summed E-state index contributed by atoms with van der Waals surface area (Å²) in [5, 5.41) is 8.48. The summed E-state index contributed by atoms with van der Waals surface area (Å²) in [6.07, 6.45) is 2.70. The second kappa shape index (κ2) is 3.96. The number of benzene rings is 1. The molecule has 0 saturated heterocycles. The van der Waals surface area contributed by atoms with E-state index < -0.39 is 5.97 Å². The van der Waals surface area contributed by atoms with Crippen molar-refractivity contribution >= 4 is 17.7 Å². The van der Waals surface area contributed by atoms with Crippen molar-refractivity contribution in [3.05, 3.63) is 34.9 Å². The van der Waals surface area contributed by atoms with Crippen LogP contribution in [0.3, 0.4) is 0 Å². The average molecular weight is 191 g/mol. The highest BCUT2D eigenvalue weighted by Gasteiger charge is 2.01. The molecule has 0 bridgehead atoms. The first-order valence-electron chi connectivity index (χ1n) is 4.29. The average Bonchev–Trinajstić information content (AvgIpc) is 2.13. The quantitative estimate of drug-likeness (QED) is 0.555. The Morgan fingerprint density at radius 1 is 1.36 bits per heavy atom. The first-order valence-corrected chi connectivity index (χ1v) is 4.29. The molecule has 3 nitrogen and oxygen atoms in total. The number of carboxylic acid groups (broad SMARTS) is 1. The highest BCUT2D eigenvalue weighted by molar-refractivity contribution is 5.85. The van der Waals surface area contributed by atoms with Gasteiger partial charge in [0.25, 0.3) is 0 Å². The molecule has 0 aliphatic heterocycles. The molecule has 0 atom stereocenters. The fraction of sp³-hybridized carbons (Fsp3) is 0.182. The maximum atomic E-state index is 10.3. The van der Waals surface area contributed by atoms with E-state index in [0.29, 0.717) is 0 Å². The summed E-state index contributed by atoms with van der Waals surface area (Å²) < 4.78 is 0. The molecule has 0 radical (unpaired) electrons. The molecule has 14 heavy (non-hydrogen) atoms. The van der Waals surface area contributed by atoms with Crippen molar-refractivity contribution in [3.63, 3.8) is 0 Å². The van der Waals surface area contributed by atoms with Crippen molar-refractivity contribution in [1.82, 2.24) is 0 Å². The molecule has 0 aliphatic rings. The fourth-order valence-electron chi connectivity index (χ4n) is 1.20. The number of anilines is 1. The van der Waals surface area contributed by atoms with Gasteiger partial charge in [-0.05, 0) is 42.7 Å². The summed E-state index contributed by atoms with van der Waals surface area (Å²) in [7, 11) is 0. The number of rotatable bonds is 2. The maximum absolute atomic E-state index is 10.3. The fourth-order valence-corrected chi connectivity index (χ4v) is 1.20. The van der Waals surface area contributed by atoms with Gasteiger partial charge in [-0.3, -0.25) is 0 Å². The van der Waals surface area contributed by atoms with Crippen LogP contribution in [0.1, 0.15) is 16.7 Å². The topological polar surface area (TPSA) is 63.3 Å². The standard InChI is InChI=1S/C11H13NO2/c1-7-8(2)10(12)5-3-9(7)4-6-11(13)14/h3-6H,12H2,1-2H3,(H,13,14). The molecule has 1 aromatic carbocycles. The molecule has 0 saturated carbocycles. The van der Waals surface area contributed by atoms with E-state index in [-0.39, 0.29) is 0 Å². The third-order valence-corrected chi connectivity index (χ3v) is 2.28. The van der Waals surface area contributed by atoms with Crippen molar-refractivity contribution in [1.29, 1.82) is 0 Å². The molecule has 3 heteroatoms. The molecule has 0 spiro atoms. The SMILES string of the molecule is Cc1c(N)ccc(C=CC(=O)O)c1C. The first-order chi connectivity index (χ1) is 6.52. The minimum absolute atomic E-state index is 0.731. The summed E-state index contributed by atoms with van der Waals surface area (Å²) >= 11 is 0. The molecular weight excluding hydrogens is 178 g/mol. The lowest BCUT2D eigenvalue weighted by Crippen LogP contribution is -1.94. The molecule has 0 amide bonds. The number of aliphatic carboxylic acids is 1. The molecule has 1 aromatic rings. The van der Waals surface area contributed by atoms with Crippen molar-refractivity contribution in [2.45, 2.75) is 13.8 Å². The van der Waals surface area contributed by atoms with E-state index in [4.69, 9.17) is 10.8 Å². The van der Waals surface area contributed by atoms with Gasteiger partial charge in [-0.25, -0.2) is 4.79 Å². The first kappa shape index (κ1) is 10.3. The van der Waals surface area contributed by atoms with Crippen LogP contribution in [0.15, 0.2) is 18.2 Å². The van der Waals surface area contributed by atoms with Crippen LogP contribution < -0.4 is 5.73 Å². The van der Waals surface area contributed by atoms with Gasteiger partial charge in [-0.15, -0.1) is 0 Å². The van der Waals surface area contributed by atoms with E-state index in [9.17, 15) is 4.79 Å². The zero-order valence-electron chi connectivity index (χ0n) is 8.24. The Kier molecular flexibility index (Phi) is 2.92. The molecule has 0 aromatic heterocycles. The molecule has 3 N–H and O–H groups in total. The van der Waals surface area contributed by atoms with Crippen LogP contribution in [0.4, 0.5) is 5.69 Å². The monoisotopic (exact) mass is 191 g/mol. The summed E-state index contributed by atoms with van der Waals surface area (Å²) in [6.45, 7) is 3.84. The van der Waals surface area contributed by atoms with Crippen LogP contribution in [0.25, 0.3) is 6.08 Å². The Morgan fingerprint density at radius 3 is 2.57 bits per heavy atom. The predicted molar refractivity (Wildman–Crippen MR) is 57.0 cm³/mol. The van der Waals surface area contributed by atoms with Gasteiger partial charge in [0.2, 0.25) is 0 Å². The van der Waals surface area contributed by atoms with Gasteiger partial charge in [-0.2, -0.15) is 0 Å². The molecule has 0 unspecified atom stereocenters. The predicted octanol–water partition coefficient (Wildman–Crippen LogP) is 1.98. The van der Waals surface area contributed by atoms with Gasteiger partial charge in [0, 0.05) is 11.8 Å². The summed E-state index contributed by atoms with van der Waals surface area (Å²) in [4.78, 5) is 10.3. The Hall–Kier alpha value is -1.77. The zero-order valence-corrected chi connectivity index (χ0v) is 8.24. The van der Waals surface area contributed by atoms with Crippen molar-refractivity contribution < 1.29 is 9.90 Å². The number of nitrogen functional groups attached to an aromatic ring is 1. The van der Waals surface area contributed by atoms with Crippen LogP contribution in [0.5, 0.6) is 0 Å². The third-order valence-electron chi connectivity index (χ3n) is 2.28. The van der Waals surface area contributed by atoms with Crippen molar-refractivity contribution in [2.75, 3.05) is 5.73 Å². The zero-order chi connectivity index (χ0) is 10.7. The molecule has 0 heterocycles. The van der Waals surface area contributed by atoms with Gasteiger partial charge in [0.1, 0.15) is 0 Å². The van der Waals surface area contributed by atoms with Gasteiger partial charge < -0.3 is 10.8 Å². The number of hydrogen-bond acceptors (Lipinski definition) is 2. The number of nitrogens with two attached hydrogens (primary N) is 1. The minimum Gasteiger partial charge on any atom is -0.478 e. The molecule has 1 rings (SSSR count). The summed E-state index contributed by atoms with van der Waals surface area (Å²) in [5.41, 5.74) is 9.34. The van der Waals surface area contributed by atoms with Gasteiger partial charge >= 0.3 is 5.97 Å². The number of hydrogen-bond donors (Lipinski definition) is 2. The van der Waals surface area contributed by atoms with Crippen LogP contribution in [-0.2, 0) is 4.79 Å². The van der Waals surface area contributed by atoms with Crippen LogP contribution >= 0.6 is 0 Å². The second-order valence-corrected chi connectivity index (χ2v) is 3.17. The van der Waals surface area contributed by atoms with Crippen LogP contribution in [0, 0.1) is 13.8 Å². The molecule has 74 valence electrons. The van der Waals surface area contributed by atoms with E-state index in [1.165, 1.54) is 0 Å². The lowest BCUT2D eigenvalue weighted by molar-refractivity contribution is -0.131. The van der Waals surface area contributed by atoms with E-state index in [0.717, 1.165) is 28.5 Å². The van der Waals surface area contributed by atoms with Crippen molar-refractivity contribution in [3.8, 4) is 0 Å². The van der Waals surface area contributed by atoms with Gasteiger partial charge in [-0.1, -0.05) is 6.07 Å². The van der Waals surface area contributed by atoms with Gasteiger partial charge in [0.05, 0.1) is 0 Å². The summed E-state index contributed by atoms with van der Waals surface area (Å²) in [6, 6.07) is 3.60. The smallest absolute Gasteiger partial charge is 0.328 e. The highest BCUT2D eigenvalue weighted by Crippen LogP contribution is 2.20. The minimum atomic E-state index is -0.945. The molecule has 0 aliphatic carbocycles. The van der Waals surface area contributed by atoms with E-state index >= 15 is 0 Å². The Bertz CT molecular complexity index is 395. The third kappa shape index (κ3) is 2.13. The second-order valence-electron chi connectivity index (χ2n) is 3.17. The van der Waals surface area contributed by atoms with Crippen LogP contribution in [-0.4, -0.2) is 11.1 Å². The van der Waals surface area contributed by atoms with Gasteiger partial charge in [0.15, 0.2) is 0 Å². The normalized spacial score (nSPS) is 10.7. The van der Waals surface area contributed by atoms with Crippen molar-refractivity contribution in [2.24, 2.45) is 0 Å². The lowest BCUT2D eigenvalue weighted by atomic mass is 10.0. The molecular formula is C11H13NO2. The van der Waals surface area contributed by atoms with E-state index in [1.54, 1.807) is 12.1 Å². The lowest BCUT2D eigenvalue weighted by Gasteiger charge is -2.07. The maximum Gasteiger partial charge on any atom is 0.328 e. The number of carbonyl (C=O) groups is 1. The Labute approximate surface area is 82.9 Å². The van der Waals surface area contributed by atoms with Crippen LogP contribution in [0.2, 0.25) is 0 Å². The largest absolute Gasteiger partial charge is 0.478 e. The highest BCUT2D eigenvalue weighted by atomic mass is 16.4. The van der Waals surface area contributed by atoms with E-state index in [1.807, 2.05) is 19.9 Å².